The van der Waals surface area contributed by atoms with Crippen molar-refractivity contribution in [3.63, 3.8) is 0 Å². The predicted octanol–water partition coefficient (Wildman–Crippen LogP) is 5.56. The third-order valence-electron chi connectivity index (χ3n) is 4.88. The number of hydrogen-bond acceptors (Lipinski definition) is 5. The van der Waals surface area contributed by atoms with Crippen molar-refractivity contribution in [2.45, 2.75) is 24.4 Å². The standard InChI is InChI=1S/C25H20FN3O2S/c1-2-31-24(30)20-9-10-23-22(13-20)28-25(29(23)15-18-6-4-8-21(26)12-18)32-16-19-7-3-5-17(11-19)14-27/h3-13H,2,15-16H2,1H3. The molecule has 0 saturated heterocycles. The van der Waals surface area contributed by atoms with Gasteiger partial charge in [-0.05, 0) is 60.5 Å². The number of rotatable bonds is 7. The molecule has 0 atom stereocenters. The van der Waals surface area contributed by atoms with Crippen LogP contribution in [0.5, 0.6) is 0 Å². The largest absolute Gasteiger partial charge is 0.462 e. The maximum absolute atomic E-state index is 13.8. The third kappa shape index (κ3) is 4.82. The molecule has 3 aromatic carbocycles. The molecule has 160 valence electrons. The van der Waals surface area contributed by atoms with E-state index in [-0.39, 0.29) is 5.82 Å². The molecule has 4 aromatic rings. The highest BCUT2D eigenvalue weighted by Crippen LogP contribution is 2.29. The number of thioether (sulfide) groups is 1. The molecular weight excluding hydrogens is 425 g/mol. The van der Waals surface area contributed by atoms with E-state index in [1.807, 2.05) is 34.9 Å². The molecule has 5 nitrogen and oxygen atoms in total. The second kappa shape index (κ2) is 9.67. The van der Waals surface area contributed by atoms with Crippen LogP contribution in [0.15, 0.2) is 71.9 Å². The molecule has 0 unspecified atom stereocenters. The van der Waals surface area contributed by atoms with Gasteiger partial charge in [0, 0.05) is 5.75 Å². The van der Waals surface area contributed by atoms with Crippen molar-refractivity contribution < 1.29 is 13.9 Å². The van der Waals surface area contributed by atoms with Crippen LogP contribution in [0.4, 0.5) is 4.39 Å². The summed E-state index contributed by atoms with van der Waals surface area (Å²) in [6, 6.07) is 21.3. The van der Waals surface area contributed by atoms with Gasteiger partial charge >= 0.3 is 5.97 Å². The molecule has 0 amide bonds. The maximum atomic E-state index is 13.8. The normalized spacial score (nSPS) is 10.8. The van der Waals surface area contributed by atoms with Crippen LogP contribution >= 0.6 is 11.8 Å². The van der Waals surface area contributed by atoms with Crippen molar-refractivity contribution in [1.29, 1.82) is 5.26 Å². The molecule has 0 fully saturated rings. The lowest BCUT2D eigenvalue weighted by molar-refractivity contribution is 0.0526. The third-order valence-corrected chi connectivity index (χ3v) is 5.93. The number of ether oxygens (including phenoxy) is 1. The van der Waals surface area contributed by atoms with Crippen LogP contribution in [0.2, 0.25) is 0 Å². The summed E-state index contributed by atoms with van der Waals surface area (Å²) in [6.07, 6.45) is 0. The van der Waals surface area contributed by atoms with Gasteiger partial charge in [0.05, 0.1) is 41.4 Å². The highest BCUT2D eigenvalue weighted by Gasteiger charge is 2.15. The van der Waals surface area contributed by atoms with Crippen LogP contribution in [-0.4, -0.2) is 22.1 Å². The number of nitriles is 1. The van der Waals surface area contributed by atoms with Gasteiger partial charge in [-0.1, -0.05) is 36.0 Å². The quantitative estimate of drug-likeness (QED) is 0.275. The average molecular weight is 446 g/mol. The summed E-state index contributed by atoms with van der Waals surface area (Å²) in [6.45, 7) is 2.50. The number of hydrogen-bond donors (Lipinski definition) is 0. The smallest absolute Gasteiger partial charge is 0.338 e. The van der Waals surface area contributed by atoms with Crippen molar-refractivity contribution in [1.82, 2.24) is 9.55 Å². The Morgan fingerprint density at radius 1 is 1.12 bits per heavy atom. The Bertz CT molecular complexity index is 1330. The molecule has 0 aliphatic carbocycles. The molecule has 0 spiro atoms. The molecule has 0 radical (unpaired) electrons. The van der Waals surface area contributed by atoms with Crippen LogP contribution in [0, 0.1) is 17.1 Å². The number of benzene rings is 3. The zero-order valence-corrected chi connectivity index (χ0v) is 18.2. The lowest BCUT2D eigenvalue weighted by Gasteiger charge is -2.10. The number of carbonyl (C=O) groups excluding carboxylic acids is 1. The number of esters is 1. The number of halogens is 1. The van der Waals surface area contributed by atoms with Crippen molar-refractivity contribution in [3.8, 4) is 6.07 Å². The van der Waals surface area contributed by atoms with E-state index in [4.69, 9.17) is 15.0 Å². The molecule has 7 heteroatoms. The minimum atomic E-state index is -0.392. The molecule has 1 heterocycles. The summed E-state index contributed by atoms with van der Waals surface area (Å²) in [4.78, 5) is 16.9. The van der Waals surface area contributed by atoms with Crippen molar-refractivity contribution in [3.05, 3.63) is 94.8 Å². The summed E-state index contributed by atoms with van der Waals surface area (Å²) >= 11 is 1.53. The first-order valence-electron chi connectivity index (χ1n) is 10.1. The van der Waals surface area contributed by atoms with Crippen LogP contribution in [0.3, 0.4) is 0 Å². The second-order valence-electron chi connectivity index (χ2n) is 7.14. The molecule has 0 aliphatic rings. The highest BCUT2D eigenvalue weighted by molar-refractivity contribution is 7.98. The molecule has 0 bridgehead atoms. The lowest BCUT2D eigenvalue weighted by Crippen LogP contribution is -2.05. The molecule has 32 heavy (non-hydrogen) atoms. The van der Waals surface area contributed by atoms with Crippen LogP contribution in [0.1, 0.15) is 34.0 Å². The maximum Gasteiger partial charge on any atom is 0.338 e. The van der Waals surface area contributed by atoms with Gasteiger partial charge in [-0.3, -0.25) is 0 Å². The van der Waals surface area contributed by atoms with E-state index in [1.54, 1.807) is 31.2 Å². The van der Waals surface area contributed by atoms with Crippen molar-refractivity contribution in [2.24, 2.45) is 0 Å². The molecule has 4 rings (SSSR count). The van der Waals surface area contributed by atoms with Crippen molar-refractivity contribution >= 4 is 28.8 Å². The lowest BCUT2D eigenvalue weighted by atomic mass is 10.2. The Balaban J connectivity index is 1.70. The van der Waals surface area contributed by atoms with E-state index in [0.717, 1.165) is 21.8 Å². The molecule has 0 saturated carbocycles. The van der Waals surface area contributed by atoms with Gasteiger partial charge < -0.3 is 9.30 Å². The Kier molecular flexibility index (Phi) is 6.52. The first-order chi connectivity index (χ1) is 15.6. The second-order valence-corrected chi connectivity index (χ2v) is 8.08. The first kappa shape index (κ1) is 21.6. The number of carbonyl (C=O) groups is 1. The van der Waals surface area contributed by atoms with E-state index in [0.29, 0.717) is 35.5 Å². The van der Waals surface area contributed by atoms with E-state index < -0.39 is 5.97 Å². The number of aromatic nitrogens is 2. The fourth-order valence-corrected chi connectivity index (χ4v) is 4.37. The fraction of sp³-hybridized carbons (Fsp3) is 0.160. The summed E-state index contributed by atoms with van der Waals surface area (Å²) in [7, 11) is 0. The summed E-state index contributed by atoms with van der Waals surface area (Å²) < 4.78 is 20.9. The van der Waals surface area contributed by atoms with E-state index in [2.05, 4.69) is 6.07 Å². The zero-order valence-electron chi connectivity index (χ0n) is 17.4. The molecular formula is C25H20FN3O2S. The number of imidazole rings is 1. The minimum absolute atomic E-state index is 0.293. The van der Waals surface area contributed by atoms with Gasteiger partial charge in [0.25, 0.3) is 0 Å². The van der Waals surface area contributed by atoms with E-state index >= 15 is 0 Å². The van der Waals surface area contributed by atoms with Crippen LogP contribution < -0.4 is 0 Å². The Labute approximate surface area is 189 Å². The summed E-state index contributed by atoms with van der Waals surface area (Å²) in [5.74, 6) is -0.0668. The average Bonchev–Trinajstić information content (AvgIpc) is 3.14. The Morgan fingerprint density at radius 3 is 2.72 bits per heavy atom. The van der Waals surface area contributed by atoms with Gasteiger partial charge in [0.15, 0.2) is 5.16 Å². The molecule has 0 aliphatic heterocycles. The van der Waals surface area contributed by atoms with Gasteiger partial charge in [0.2, 0.25) is 0 Å². The van der Waals surface area contributed by atoms with Gasteiger partial charge in [-0.15, -0.1) is 0 Å². The number of nitrogens with zero attached hydrogens (tertiary/aromatic N) is 3. The predicted molar refractivity (Wildman–Crippen MR) is 122 cm³/mol. The van der Waals surface area contributed by atoms with Crippen LogP contribution in [0.25, 0.3) is 11.0 Å². The van der Waals surface area contributed by atoms with E-state index in [1.165, 1.54) is 23.9 Å². The van der Waals surface area contributed by atoms with Gasteiger partial charge in [-0.25, -0.2) is 14.2 Å². The zero-order chi connectivity index (χ0) is 22.5. The monoisotopic (exact) mass is 445 g/mol. The SMILES string of the molecule is CCOC(=O)c1ccc2c(c1)nc(SCc1cccc(C#N)c1)n2Cc1cccc(F)c1. The highest BCUT2D eigenvalue weighted by atomic mass is 32.2. The minimum Gasteiger partial charge on any atom is -0.462 e. The Hall–Kier alpha value is -3.63. The van der Waals surface area contributed by atoms with Crippen molar-refractivity contribution in [2.75, 3.05) is 6.61 Å². The number of fused-ring (bicyclic) bond motifs is 1. The fourth-order valence-electron chi connectivity index (χ4n) is 3.41. The van der Waals surface area contributed by atoms with Gasteiger partial charge in [0.1, 0.15) is 5.82 Å². The summed E-state index contributed by atoms with van der Waals surface area (Å²) in [5.41, 5.74) is 4.37. The van der Waals surface area contributed by atoms with Crippen LogP contribution in [-0.2, 0) is 17.0 Å². The molecule has 0 N–H and O–H groups in total. The van der Waals surface area contributed by atoms with Gasteiger partial charge in [-0.2, -0.15) is 5.26 Å². The topological polar surface area (TPSA) is 67.9 Å². The molecule has 1 aromatic heterocycles. The van der Waals surface area contributed by atoms with E-state index in [9.17, 15) is 9.18 Å². The first-order valence-corrected chi connectivity index (χ1v) is 11.1. The summed E-state index contributed by atoms with van der Waals surface area (Å²) in [5, 5.41) is 9.88. The Morgan fingerprint density at radius 2 is 1.94 bits per heavy atom.